The number of benzene rings is 2. The molecule has 286 valence electrons. The third-order valence-corrected chi connectivity index (χ3v) is 11.3. The number of carbonyl (C=O) groups excluding carboxylic acids is 4. The first-order chi connectivity index (χ1) is 25.3. The van der Waals surface area contributed by atoms with E-state index in [1.165, 1.54) is 5.56 Å². The summed E-state index contributed by atoms with van der Waals surface area (Å²) in [5.41, 5.74) is 11.0. The molecule has 2 aromatic carbocycles. The van der Waals surface area contributed by atoms with E-state index in [0.29, 0.717) is 24.9 Å². The summed E-state index contributed by atoms with van der Waals surface area (Å²) in [5.74, 6) is -1.19. The lowest BCUT2D eigenvalue weighted by atomic mass is 9.85. The van der Waals surface area contributed by atoms with Gasteiger partial charge in [-0.05, 0) is 79.8 Å². The first-order valence-corrected chi connectivity index (χ1v) is 19.6. The van der Waals surface area contributed by atoms with Crippen molar-refractivity contribution in [1.29, 1.82) is 0 Å². The van der Waals surface area contributed by atoms with Crippen LogP contribution in [-0.2, 0) is 20.8 Å². The van der Waals surface area contributed by atoms with Crippen molar-refractivity contribution in [2.75, 3.05) is 52.4 Å². The molecule has 5 rings (SSSR count). The Morgan fingerprint density at radius 3 is 2.23 bits per heavy atom. The zero-order valence-electron chi connectivity index (χ0n) is 31.5. The lowest BCUT2D eigenvalue weighted by molar-refractivity contribution is -0.144. The molecule has 3 heterocycles. The van der Waals surface area contributed by atoms with Crippen molar-refractivity contribution in [2.45, 2.75) is 77.9 Å². The van der Waals surface area contributed by atoms with Gasteiger partial charge in [0.1, 0.15) is 12.1 Å². The molecule has 2 fully saturated rings. The van der Waals surface area contributed by atoms with Gasteiger partial charge in [0.15, 0.2) is 0 Å². The summed E-state index contributed by atoms with van der Waals surface area (Å²) >= 11 is 1.57. The van der Waals surface area contributed by atoms with Crippen LogP contribution in [0.4, 0.5) is 0 Å². The number of nitrogens with two attached hydrogens (primary N) is 1. The number of primary amides is 1. The number of hydrogen-bond donors (Lipinski definition) is 4. The third kappa shape index (κ3) is 10.7. The van der Waals surface area contributed by atoms with Crippen LogP contribution in [0, 0.1) is 12.3 Å². The topological polar surface area (TPSA) is 161 Å². The van der Waals surface area contributed by atoms with Gasteiger partial charge in [-0.3, -0.25) is 24.1 Å². The number of aliphatic hydroxyl groups is 1. The van der Waals surface area contributed by atoms with Gasteiger partial charge in [-0.1, -0.05) is 57.2 Å². The molecule has 12 nitrogen and oxygen atoms in total. The smallest absolute Gasteiger partial charge is 0.248 e. The van der Waals surface area contributed by atoms with Crippen molar-refractivity contribution < 1.29 is 24.3 Å². The molecule has 0 aliphatic carbocycles. The van der Waals surface area contributed by atoms with Crippen LogP contribution in [0.2, 0.25) is 0 Å². The van der Waals surface area contributed by atoms with Crippen LogP contribution in [0.15, 0.2) is 54.0 Å². The lowest BCUT2D eigenvalue weighted by Crippen LogP contribution is -2.59. The number of likely N-dealkylation sites (tertiary alicyclic amines) is 1. The van der Waals surface area contributed by atoms with Crippen molar-refractivity contribution in [3.63, 3.8) is 0 Å². The molecular formula is C40H55N7O5S. The van der Waals surface area contributed by atoms with Gasteiger partial charge in [0, 0.05) is 38.3 Å². The molecule has 0 saturated carbocycles. The Hall–Kier alpha value is -4.17. The van der Waals surface area contributed by atoms with Crippen molar-refractivity contribution in [3.05, 3.63) is 76.4 Å². The van der Waals surface area contributed by atoms with Crippen LogP contribution in [0.1, 0.15) is 79.7 Å². The SMILES string of the molecule is Cc1ncsc1-c1ccc([C@H](CO)NC(=O)[C@@H]2CCCN2C(=O)[C@@H](NC(=O)CN2CCN(CCCCc3ccc(C(N)=O)cc3)CC2)C(C)(C)C)cc1. The second-order valence-corrected chi connectivity index (χ2v) is 16.2. The molecule has 5 N–H and O–H groups in total. The Morgan fingerprint density at radius 1 is 0.943 bits per heavy atom. The number of amides is 4. The Kier molecular flexibility index (Phi) is 13.8. The van der Waals surface area contributed by atoms with Crippen LogP contribution in [-0.4, -0.2) is 113 Å². The van der Waals surface area contributed by atoms with E-state index in [-0.39, 0.29) is 30.9 Å². The normalized spacial score (nSPS) is 18.1. The average molecular weight is 746 g/mol. The highest BCUT2D eigenvalue weighted by molar-refractivity contribution is 7.13. The van der Waals surface area contributed by atoms with E-state index in [1.807, 2.05) is 69.6 Å². The molecule has 2 aliphatic rings. The fourth-order valence-corrected chi connectivity index (χ4v) is 7.96. The molecule has 3 aromatic rings. The van der Waals surface area contributed by atoms with Gasteiger partial charge >= 0.3 is 0 Å². The molecule has 2 aliphatic heterocycles. The van der Waals surface area contributed by atoms with E-state index in [0.717, 1.165) is 73.7 Å². The van der Waals surface area contributed by atoms with E-state index >= 15 is 0 Å². The predicted octanol–water partition coefficient (Wildman–Crippen LogP) is 3.53. The minimum Gasteiger partial charge on any atom is -0.394 e. The molecule has 4 amide bonds. The zero-order chi connectivity index (χ0) is 38.1. The molecule has 0 spiro atoms. The van der Waals surface area contributed by atoms with Gasteiger partial charge in [0.2, 0.25) is 23.6 Å². The summed E-state index contributed by atoms with van der Waals surface area (Å²) in [4.78, 5) is 63.9. The van der Waals surface area contributed by atoms with Gasteiger partial charge in [-0.15, -0.1) is 11.3 Å². The standard InChI is InChI=1S/C40H55N7O5S/c1-27-35(53-26-42-27)30-16-14-29(15-17-30)32(25-48)43-38(51)33-9-7-19-47(33)39(52)36(40(2,3)4)44-34(49)24-46-22-20-45(21-23-46)18-6-5-8-28-10-12-31(13-11-28)37(41)50/h10-17,26,32-33,36,48H,5-9,18-25H2,1-4H3,(H2,41,50)(H,43,51)(H,44,49)/t32-,33-,36+/m0/s1. The molecular weight excluding hydrogens is 691 g/mol. The fourth-order valence-electron chi connectivity index (χ4n) is 7.15. The number of piperazine rings is 1. The van der Waals surface area contributed by atoms with E-state index in [2.05, 4.69) is 25.4 Å². The maximum Gasteiger partial charge on any atom is 0.248 e. The van der Waals surface area contributed by atoms with Crippen LogP contribution >= 0.6 is 11.3 Å². The van der Waals surface area contributed by atoms with Crippen molar-refractivity contribution in [1.82, 2.24) is 30.3 Å². The number of thiazole rings is 1. The molecule has 13 heteroatoms. The second kappa shape index (κ2) is 18.2. The zero-order valence-corrected chi connectivity index (χ0v) is 32.3. The number of rotatable bonds is 15. The largest absolute Gasteiger partial charge is 0.394 e. The van der Waals surface area contributed by atoms with Gasteiger partial charge in [0.25, 0.3) is 0 Å². The van der Waals surface area contributed by atoms with Crippen molar-refractivity contribution in [3.8, 4) is 10.4 Å². The van der Waals surface area contributed by atoms with E-state index in [1.54, 1.807) is 28.4 Å². The molecule has 2 saturated heterocycles. The van der Waals surface area contributed by atoms with Crippen molar-refractivity contribution >= 4 is 35.0 Å². The average Bonchev–Trinajstić information content (AvgIpc) is 3.81. The number of hydrogen-bond acceptors (Lipinski definition) is 9. The fraction of sp³-hybridized carbons (Fsp3) is 0.525. The third-order valence-electron chi connectivity index (χ3n) is 10.3. The summed E-state index contributed by atoms with van der Waals surface area (Å²) < 4.78 is 0. The highest BCUT2D eigenvalue weighted by Crippen LogP contribution is 2.29. The summed E-state index contributed by atoms with van der Waals surface area (Å²) in [5, 5.41) is 16.2. The maximum atomic E-state index is 14.1. The number of nitrogens with one attached hydrogen (secondary N) is 2. The summed E-state index contributed by atoms with van der Waals surface area (Å²) in [6, 6.07) is 13.1. The summed E-state index contributed by atoms with van der Waals surface area (Å²) in [6.45, 7) is 12.4. The van der Waals surface area contributed by atoms with Crippen molar-refractivity contribution in [2.24, 2.45) is 11.1 Å². The van der Waals surface area contributed by atoms with Gasteiger partial charge in [-0.25, -0.2) is 4.98 Å². The van der Waals surface area contributed by atoms with Crippen LogP contribution in [0.5, 0.6) is 0 Å². The Balaban J connectivity index is 1.09. The molecule has 3 atom stereocenters. The van der Waals surface area contributed by atoms with Crippen LogP contribution in [0.25, 0.3) is 10.4 Å². The monoisotopic (exact) mass is 745 g/mol. The first kappa shape index (κ1) is 40.0. The lowest BCUT2D eigenvalue weighted by Gasteiger charge is -2.37. The number of nitrogens with zero attached hydrogens (tertiary/aromatic N) is 4. The molecule has 0 unspecified atom stereocenters. The summed E-state index contributed by atoms with van der Waals surface area (Å²) in [6.07, 6.45) is 4.24. The predicted molar refractivity (Wildman–Crippen MR) is 207 cm³/mol. The van der Waals surface area contributed by atoms with E-state index in [4.69, 9.17) is 5.73 Å². The quantitative estimate of drug-likeness (QED) is 0.172. The minimum absolute atomic E-state index is 0.202. The highest BCUT2D eigenvalue weighted by Gasteiger charge is 2.42. The molecule has 1 aromatic heterocycles. The van der Waals surface area contributed by atoms with Gasteiger partial charge in [-0.2, -0.15) is 0 Å². The second-order valence-electron chi connectivity index (χ2n) is 15.3. The molecule has 0 radical (unpaired) electrons. The number of aromatic nitrogens is 1. The minimum atomic E-state index is -0.798. The van der Waals surface area contributed by atoms with E-state index < -0.39 is 29.4 Å². The Labute approximate surface area is 317 Å². The Morgan fingerprint density at radius 2 is 1.62 bits per heavy atom. The number of aryl methyl sites for hydroxylation is 2. The number of unbranched alkanes of at least 4 members (excludes halogenated alkanes) is 1. The van der Waals surface area contributed by atoms with Crippen LogP contribution in [0.3, 0.4) is 0 Å². The van der Waals surface area contributed by atoms with E-state index in [9.17, 15) is 24.3 Å². The maximum absolute atomic E-state index is 14.1. The first-order valence-electron chi connectivity index (χ1n) is 18.7. The van der Waals surface area contributed by atoms with Gasteiger partial charge in [0.05, 0.1) is 35.3 Å². The molecule has 0 bridgehead atoms. The van der Waals surface area contributed by atoms with Gasteiger partial charge < -0.3 is 31.3 Å². The molecule has 53 heavy (non-hydrogen) atoms. The Bertz CT molecular complexity index is 1700. The number of carbonyl (C=O) groups is 4. The summed E-state index contributed by atoms with van der Waals surface area (Å²) in [7, 11) is 0. The van der Waals surface area contributed by atoms with Crippen LogP contribution < -0.4 is 16.4 Å². The number of aliphatic hydroxyl groups excluding tert-OH is 1. The highest BCUT2D eigenvalue weighted by atomic mass is 32.1.